The normalized spacial score (nSPS) is 23.7. The predicted molar refractivity (Wildman–Crippen MR) is 62.9 cm³/mol. The maximum Gasteiger partial charge on any atom is 0.0414 e. The quantitative estimate of drug-likeness (QED) is 0.797. The molecule has 1 aromatic carbocycles. The van der Waals surface area contributed by atoms with Crippen LogP contribution in [0, 0.1) is 5.41 Å². The standard InChI is InChI=1S/C13H18N2/c1-10(14)11-4-2-3-5-12(11)15-8-13(9-15)6-7-13/h2-5,10H,6-9,14H2,1H3. The van der Waals surface area contributed by atoms with E-state index in [4.69, 9.17) is 5.73 Å². The molecule has 1 aliphatic carbocycles. The fraction of sp³-hybridized carbons (Fsp3) is 0.538. The molecule has 2 heteroatoms. The van der Waals surface area contributed by atoms with E-state index in [1.54, 1.807) is 0 Å². The molecule has 15 heavy (non-hydrogen) atoms. The third-order valence-electron chi connectivity index (χ3n) is 3.78. The van der Waals surface area contributed by atoms with Gasteiger partial charge in [-0.2, -0.15) is 0 Å². The molecule has 1 unspecified atom stereocenters. The Hall–Kier alpha value is -1.02. The third kappa shape index (κ3) is 1.44. The second-order valence-corrected chi connectivity index (χ2v) is 5.20. The molecule has 1 saturated carbocycles. The fourth-order valence-corrected chi connectivity index (χ4v) is 2.59. The molecule has 1 aromatic rings. The first kappa shape index (κ1) is 9.22. The number of hydrogen-bond donors (Lipinski definition) is 1. The summed E-state index contributed by atoms with van der Waals surface area (Å²) in [5.74, 6) is 0. The zero-order chi connectivity index (χ0) is 10.5. The summed E-state index contributed by atoms with van der Waals surface area (Å²) in [6.45, 7) is 4.55. The highest BCUT2D eigenvalue weighted by atomic mass is 15.2. The van der Waals surface area contributed by atoms with Gasteiger partial charge in [-0.3, -0.25) is 0 Å². The molecule has 0 radical (unpaired) electrons. The number of anilines is 1. The molecular formula is C13H18N2. The molecule has 0 amide bonds. The van der Waals surface area contributed by atoms with Crippen LogP contribution in [0.4, 0.5) is 5.69 Å². The van der Waals surface area contributed by atoms with Crippen LogP contribution in [0.1, 0.15) is 31.4 Å². The zero-order valence-electron chi connectivity index (χ0n) is 9.24. The predicted octanol–water partition coefficient (Wildman–Crippen LogP) is 2.31. The first-order valence-electron chi connectivity index (χ1n) is 5.80. The number of nitrogens with two attached hydrogens (primary N) is 1. The van der Waals surface area contributed by atoms with Crippen molar-refractivity contribution in [2.45, 2.75) is 25.8 Å². The van der Waals surface area contributed by atoms with E-state index in [2.05, 4.69) is 36.1 Å². The Morgan fingerprint density at radius 1 is 1.27 bits per heavy atom. The van der Waals surface area contributed by atoms with Crippen LogP contribution < -0.4 is 10.6 Å². The topological polar surface area (TPSA) is 29.3 Å². The Balaban J connectivity index is 1.84. The minimum atomic E-state index is 0.136. The van der Waals surface area contributed by atoms with Crippen molar-refractivity contribution in [1.82, 2.24) is 0 Å². The average molecular weight is 202 g/mol. The van der Waals surface area contributed by atoms with Gasteiger partial charge in [-0.05, 0) is 31.4 Å². The Kier molecular flexibility index (Phi) is 1.84. The van der Waals surface area contributed by atoms with Crippen LogP contribution in [-0.2, 0) is 0 Å². The van der Waals surface area contributed by atoms with Gasteiger partial charge >= 0.3 is 0 Å². The summed E-state index contributed by atoms with van der Waals surface area (Å²) < 4.78 is 0. The van der Waals surface area contributed by atoms with Crippen LogP contribution in [0.3, 0.4) is 0 Å². The molecule has 80 valence electrons. The minimum Gasteiger partial charge on any atom is -0.370 e. The lowest BCUT2D eigenvalue weighted by Crippen LogP contribution is -2.49. The van der Waals surface area contributed by atoms with E-state index < -0.39 is 0 Å². The number of nitrogens with zero attached hydrogens (tertiary/aromatic N) is 1. The van der Waals surface area contributed by atoms with Crippen molar-refractivity contribution < 1.29 is 0 Å². The summed E-state index contributed by atoms with van der Waals surface area (Å²) in [4.78, 5) is 2.48. The van der Waals surface area contributed by atoms with E-state index in [0.29, 0.717) is 5.41 Å². The summed E-state index contributed by atoms with van der Waals surface area (Å²) in [5, 5.41) is 0. The molecular weight excluding hydrogens is 184 g/mol. The Labute approximate surface area is 91.1 Å². The van der Waals surface area contributed by atoms with Crippen molar-refractivity contribution in [1.29, 1.82) is 0 Å². The van der Waals surface area contributed by atoms with Crippen LogP contribution in [0.15, 0.2) is 24.3 Å². The number of para-hydroxylation sites is 1. The Morgan fingerprint density at radius 3 is 2.53 bits per heavy atom. The molecule has 1 atom stereocenters. The van der Waals surface area contributed by atoms with Crippen molar-refractivity contribution >= 4 is 5.69 Å². The lowest BCUT2D eigenvalue weighted by Gasteiger charge is -2.43. The van der Waals surface area contributed by atoms with Gasteiger partial charge in [0.05, 0.1) is 0 Å². The van der Waals surface area contributed by atoms with Gasteiger partial charge in [-0.15, -0.1) is 0 Å². The fourth-order valence-electron chi connectivity index (χ4n) is 2.59. The number of benzene rings is 1. The highest BCUT2D eigenvalue weighted by molar-refractivity contribution is 5.58. The van der Waals surface area contributed by atoms with Crippen LogP contribution in [0.2, 0.25) is 0 Å². The monoisotopic (exact) mass is 202 g/mol. The molecule has 1 heterocycles. The second kappa shape index (κ2) is 2.99. The minimum absolute atomic E-state index is 0.136. The van der Waals surface area contributed by atoms with Crippen molar-refractivity contribution in [3.8, 4) is 0 Å². The summed E-state index contributed by atoms with van der Waals surface area (Å²) in [6.07, 6.45) is 2.87. The lowest BCUT2D eigenvalue weighted by atomic mass is 9.94. The summed E-state index contributed by atoms with van der Waals surface area (Å²) in [5.41, 5.74) is 9.34. The summed E-state index contributed by atoms with van der Waals surface area (Å²) >= 11 is 0. The highest BCUT2D eigenvalue weighted by Gasteiger charge is 2.52. The Bertz CT molecular complexity index is 372. The molecule has 1 aliphatic heterocycles. The smallest absolute Gasteiger partial charge is 0.0414 e. The average Bonchev–Trinajstić information content (AvgIpc) is 2.95. The van der Waals surface area contributed by atoms with Crippen molar-refractivity contribution in [2.24, 2.45) is 11.1 Å². The van der Waals surface area contributed by atoms with Crippen molar-refractivity contribution in [3.05, 3.63) is 29.8 Å². The maximum atomic E-state index is 5.99. The molecule has 3 rings (SSSR count). The van der Waals surface area contributed by atoms with E-state index in [1.165, 1.54) is 37.2 Å². The van der Waals surface area contributed by atoms with E-state index in [1.807, 2.05) is 0 Å². The number of hydrogen-bond acceptors (Lipinski definition) is 2. The maximum absolute atomic E-state index is 5.99. The van der Waals surface area contributed by atoms with Gasteiger partial charge in [0.15, 0.2) is 0 Å². The second-order valence-electron chi connectivity index (χ2n) is 5.20. The van der Waals surface area contributed by atoms with E-state index in [9.17, 15) is 0 Å². The molecule has 0 aromatic heterocycles. The molecule has 0 bridgehead atoms. The zero-order valence-corrected chi connectivity index (χ0v) is 9.24. The van der Waals surface area contributed by atoms with Gasteiger partial charge in [-0.1, -0.05) is 18.2 Å². The number of rotatable bonds is 2. The molecule has 1 spiro atoms. The third-order valence-corrected chi connectivity index (χ3v) is 3.78. The summed E-state index contributed by atoms with van der Waals surface area (Å²) in [6, 6.07) is 8.68. The highest BCUT2D eigenvalue weighted by Crippen LogP contribution is 2.54. The molecule has 2 N–H and O–H groups in total. The van der Waals surface area contributed by atoms with Gasteiger partial charge in [-0.25, -0.2) is 0 Å². The Morgan fingerprint density at radius 2 is 1.93 bits per heavy atom. The van der Waals surface area contributed by atoms with E-state index >= 15 is 0 Å². The van der Waals surface area contributed by atoms with E-state index in [0.717, 1.165) is 0 Å². The molecule has 1 saturated heterocycles. The molecule has 2 aliphatic rings. The van der Waals surface area contributed by atoms with Gasteiger partial charge in [0, 0.05) is 30.2 Å². The van der Waals surface area contributed by atoms with Gasteiger partial charge in [0.25, 0.3) is 0 Å². The molecule has 2 fully saturated rings. The summed E-state index contributed by atoms with van der Waals surface area (Å²) in [7, 11) is 0. The van der Waals surface area contributed by atoms with Crippen molar-refractivity contribution in [2.75, 3.05) is 18.0 Å². The first-order valence-corrected chi connectivity index (χ1v) is 5.80. The van der Waals surface area contributed by atoms with Gasteiger partial charge in [0.1, 0.15) is 0 Å². The van der Waals surface area contributed by atoms with Gasteiger partial charge < -0.3 is 10.6 Å². The van der Waals surface area contributed by atoms with Crippen LogP contribution in [0.5, 0.6) is 0 Å². The van der Waals surface area contributed by atoms with Crippen molar-refractivity contribution in [3.63, 3.8) is 0 Å². The SMILES string of the molecule is CC(N)c1ccccc1N1CC2(CC2)C1. The first-order chi connectivity index (χ1) is 7.20. The molecule has 2 nitrogen and oxygen atoms in total. The lowest BCUT2D eigenvalue weighted by molar-refractivity contribution is 0.386. The van der Waals surface area contributed by atoms with Gasteiger partial charge in [0.2, 0.25) is 0 Å². The van der Waals surface area contributed by atoms with Crippen LogP contribution >= 0.6 is 0 Å². The largest absolute Gasteiger partial charge is 0.370 e. The van der Waals surface area contributed by atoms with Crippen LogP contribution in [-0.4, -0.2) is 13.1 Å². The van der Waals surface area contributed by atoms with E-state index in [-0.39, 0.29) is 6.04 Å². The van der Waals surface area contributed by atoms with Crippen LogP contribution in [0.25, 0.3) is 0 Å².